The maximum absolute atomic E-state index is 6.23. The summed E-state index contributed by atoms with van der Waals surface area (Å²) < 4.78 is 11.5. The van der Waals surface area contributed by atoms with Crippen LogP contribution in [-0.4, -0.2) is 7.11 Å². The van der Waals surface area contributed by atoms with Crippen LogP contribution >= 0.6 is 0 Å². The van der Waals surface area contributed by atoms with Crippen LogP contribution in [0.15, 0.2) is 101 Å². The van der Waals surface area contributed by atoms with Gasteiger partial charge in [-0.05, 0) is 42.0 Å². The highest BCUT2D eigenvalue weighted by Gasteiger charge is 2.20. The Kier molecular flexibility index (Phi) is 6.05. The van der Waals surface area contributed by atoms with E-state index in [-0.39, 0.29) is 17.0 Å². The van der Waals surface area contributed by atoms with Crippen molar-refractivity contribution in [3.8, 4) is 39.5 Å². The van der Waals surface area contributed by atoms with Gasteiger partial charge < -0.3 is 21.7 Å². The minimum absolute atomic E-state index is 0. The predicted octanol–water partition coefficient (Wildman–Crippen LogP) is 3.57. The molecule has 0 amide bonds. The Morgan fingerprint density at radius 3 is 1.48 bits per heavy atom. The van der Waals surface area contributed by atoms with E-state index in [1.807, 2.05) is 48.5 Å². The SMILES string of the molecule is COc1ccc(-c2cc(-c3ccccc3)[o+]c(-c3ccccc3)c2)cc1.[Br-]. The van der Waals surface area contributed by atoms with Crippen molar-refractivity contribution < 1.29 is 26.1 Å². The van der Waals surface area contributed by atoms with Crippen molar-refractivity contribution in [2.45, 2.75) is 0 Å². The Balaban J connectivity index is 0.00000210. The monoisotopic (exact) mass is 418 g/mol. The van der Waals surface area contributed by atoms with Crippen LogP contribution in [0.3, 0.4) is 0 Å². The minimum Gasteiger partial charge on any atom is -1.00 e. The molecule has 0 fully saturated rings. The summed E-state index contributed by atoms with van der Waals surface area (Å²) in [7, 11) is 1.68. The van der Waals surface area contributed by atoms with Crippen molar-refractivity contribution in [2.75, 3.05) is 7.11 Å². The molecule has 0 unspecified atom stereocenters. The molecule has 0 N–H and O–H groups in total. The summed E-state index contributed by atoms with van der Waals surface area (Å²) in [6, 6.07) is 32.6. The van der Waals surface area contributed by atoms with Gasteiger partial charge in [-0.25, -0.2) is 4.42 Å². The molecular formula is C24H19BrO2. The average molecular weight is 419 g/mol. The molecule has 0 bridgehead atoms. The minimum atomic E-state index is 0. The lowest BCUT2D eigenvalue weighted by molar-refractivity contribution is -0.00000586. The number of hydrogen-bond acceptors (Lipinski definition) is 1. The van der Waals surface area contributed by atoms with E-state index < -0.39 is 0 Å². The molecule has 0 aliphatic heterocycles. The zero-order valence-corrected chi connectivity index (χ0v) is 16.5. The summed E-state index contributed by atoms with van der Waals surface area (Å²) in [5, 5.41) is 0. The van der Waals surface area contributed by atoms with E-state index in [1.165, 1.54) is 0 Å². The second-order valence-corrected chi connectivity index (χ2v) is 6.04. The first-order valence-electron chi connectivity index (χ1n) is 8.57. The first-order chi connectivity index (χ1) is 12.8. The quantitative estimate of drug-likeness (QED) is 0.472. The van der Waals surface area contributed by atoms with Gasteiger partial charge in [0.25, 0.3) is 0 Å². The second kappa shape index (κ2) is 8.65. The number of benzene rings is 3. The average Bonchev–Trinajstić information content (AvgIpc) is 2.75. The van der Waals surface area contributed by atoms with E-state index >= 15 is 0 Å². The molecule has 1 heterocycles. The van der Waals surface area contributed by atoms with Gasteiger partial charge in [-0.15, -0.1) is 0 Å². The third-order valence-corrected chi connectivity index (χ3v) is 4.33. The maximum Gasteiger partial charge on any atom is 0.361 e. The van der Waals surface area contributed by atoms with Crippen LogP contribution in [0.5, 0.6) is 5.75 Å². The van der Waals surface area contributed by atoms with Crippen LogP contribution in [0.1, 0.15) is 0 Å². The molecule has 134 valence electrons. The largest absolute Gasteiger partial charge is 1.00 e. The van der Waals surface area contributed by atoms with Gasteiger partial charge in [0, 0.05) is 5.56 Å². The van der Waals surface area contributed by atoms with E-state index in [4.69, 9.17) is 9.15 Å². The fourth-order valence-electron chi connectivity index (χ4n) is 2.94. The number of halogens is 1. The molecule has 1 aromatic heterocycles. The van der Waals surface area contributed by atoms with Crippen molar-refractivity contribution in [2.24, 2.45) is 0 Å². The number of methoxy groups -OCH3 is 1. The van der Waals surface area contributed by atoms with E-state index in [2.05, 4.69) is 48.5 Å². The maximum atomic E-state index is 6.23. The fraction of sp³-hybridized carbons (Fsp3) is 0.0417. The number of rotatable bonds is 4. The van der Waals surface area contributed by atoms with Gasteiger partial charge in [0.1, 0.15) is 5.75 Å². The van der Waals surface area contributed by atoms with E-state index in [9.17, 15) is 0 Å². The molecule has 0 saturated heterocycles. The first-order valence-corrected chi connectivity index (χ1v) is 8.57. The van der Waals surface area contributed by atoms with E-state index in [0.717, 1.165) is 39.5 Å². The number of ether oxygens (including phenoxy) is 1. The highest BCUT2D eigenvalue weighted by molar-refractivity contribution is 5.74. The van der Waals surface area contributed by atoms with Crippen molar-refractivity contribution >= 4 is 0 Å². The fourth-order valence-corrected chi connectivity index (χ4v) is 2.94. The van der Waals surface area contributed by atoms with Gasteiger partial charge >= 0.3 is 11.5 Å². The standard InChI is InChI=1S/C24H19O2.BrH/c1-25-22-14-12-18(13-15-22)21-16-23(19-8-4-2-5-9-19)26-24(17-21)20-10-6-3-7-11-20;/h2-17H,1H3;1H/q+1;/p-1. The third-order valence-electron chi connectivity index (χ3n) is 4.33. The molecule has 4 aromatic rings. The van der Waals surface area contributed by atoms with Gasteiger partial charge in [0.05, 0.1) is 30.4 Å². The van der Waals surface area contributed by atoms with E-state index in [0.29, 0.717) is 0 Å². The Bertz CT molecular complexity index is 940. The van der Waals surface area contributed by atoms with Gasteiger partial charge in [0.15, 0.2) is 0 Å². The van der Waals surface area contributed by atoms with Gasteiger partial charge in [-0.1, -0.05) is 48.5 Å². The van der Waals surface area contributed by atoms with Crippen LogP contribution in [0, 0.1) is 0 Å². The summed E-state index contributed by atoms with van der Waals surface area (Å²) in [4.78, 5) is 0. The van der Waals surface area contributed by atoms with Crippen molar-refractivity contribution in [3.05, 3.63) is 97.1 Å². The highest BCUT2D eigenvalue weighted by atomic mass is 79.9. The van der Waals surface area contributed by atoms with Gasteiger partial charge in [0.2, 0.25) is 0 Å². The summed E-state index contributed by atoms with van der Waals surface area (Å²) in [6.45, 7) is 0. The molecule has 0 atom stereocenters. The molecule has 0 spiro atoms. The lowest BCUT2D eigenvalue weighted by Crippen LogP contribution is -3.00. The third kappa shape index (κ3) is 4.26. The Morgan fingerprint density at radius 2 is 1.04 bits per heavy atom. The molecular weight excluding hydrogens is 400 g/mol. The molecule has 0 aliphatic rings. The molecule has 3 heteroatoms. The summed E-state index contributed by atoms with van der Waals surface area (Å²) in [6.07, 6.45) is 0. The summed E-state index contributed by atoms with van der Waals surface area (Å²) in [5.74, 6) is 2.54. The zero-order valence-electron chi connectivity index (χ0n) is 14.9. The van der Waals surface area contributed by atoms with Gasteiger partial charge in [-0.2, -0.15) is 0 Å². The second-order valence-electron chi connectivity index (χ2n) is 6.04. The van der Waals surface area contributed by atoms with E-state index in [1.54, 1.807) is 7.11 Å². The summed E-state index contributed by atoms with van der Waals surface area (Å²) >= 11 is 0. The first kappa shape index (κ1) is 18.9. The summed E-state index contributed by atoms with van der Waals surface area (Å²) in [5.41, 5.74) is 4.34. The molecule has 27 heavy (non-hydrogen) atoms. The lowest BCUT2D eigenvalue weighted by Gasteiger charge is -2.04. The molecule has 0 saturated carbocycles. The predicted molar refractivity (Wildman–Crippen MR) is 106 cm³/mol. The van der Waals surface area contributed by atoms with Crippen LogP contribution in [0.2, 0.25) is 0 Å². The molecule has 0 radical (unpaired) electrons. The molecule has 3 aromatic carbocycles. The Hall–Kier alpha value is -2.91. The molecule has 0 aliphatic carbocycles. The lowest BCUT2D eigenvalue weighted by atomic mass is 10.0. The molecule has 4 rings (SSSR count). The van der Waals surface area contributed by atoms with Gasteiger partial charge in [-0.3, -0.25) is 0 Å². The van der Waals surface area contributed by atoms with Crippen LogP contribution in [0.25, 0.3) is 33.8 Å². The molecule has 2 nitrogen and oxygen atoms in total. The van der Waals surface area contributed by atoms with Crippen molar-refractivity contribution in [1.82, 2.24) is 0 Å². The Labute approximate surface area is 169 Å². The van der Waals surface area contributed by atoms with Crippen molar-refractivity contribution in [1.29, 1.82) is 0 Å². The highest BCUT2D eigenvalue weighted by Crippen LogP contribution is 2.33. The topological polar surface area (TPSA) is 20.5 Å². The Morgan fingerprint density at radius 1 is 0.556 bits per heavy atom. The zero-order chi connectivity index (χ0) is 17.8. The normalized spacial score (nSPS) is 10.1. The number of hydrogen-bond donors (Lipinski definition) is 0. The van der Waals surface area contributed by atoms with Crippen molar-refractivity contribution in [3.63, 3.8) is 0 Å². The van der Waals surface area contributed by atoms with Crippen LogP contribution in [-0.2, 0) is 0 Å². The smallest absolute Gasteiger partial charge is 0.361 e. The van der Waals surface area contributed by atoms with Crippen LogP contribution < -0.4 is 21.7 Å². The van der Waals surface area contributed by atoms with Crippen LogP contribution in [0.4, 0.5) is 0 Å².